The highest BCUT2D eigenvalue weighted by atomic mass is 16.6. The quantitative estimate of drug-likeness (QED) is 0.501. The molecule has 0 aliphatic rings. The molecule has 0 spiro atoms. The van der Waals surface area contributed by atoms with Gasteiger partial charge >= 0.3 is 0 Å². The van der Waals surface area contributed by atoms with Gasteiger partial charge in [0.05, 0.1) is 11.5 Å². The Morgan fingerprint density at radius 2 is 1.92 bits per heavy atom. The second kappa shape index (κ2) is 7.59. The summed E-state index contributed by atoms with van der Waals surface area (Å²) in [5, 5.41) is 13.6. The van der Waals surface area contributed by atoms with E-state index in [0.29, 0.717) is 24.3 Å². The van der Waals surface area contributed by atoms with Crippen LogP contribution in [-0.4, -0.2) is 24.0 Å². The zero-order chi connectivity index (χ0) is 17.7. The van der Waals surface area contributed by atoms with E-state index in [-0.39, 0.29) is 11.6 Å². The highest BCUT2D eigenvalue weighted by Gasteiger charge is 2.17. The summed E-state index contributed by atoms with van der Waals surface area (Å²) in [5.74, 6) is 0.402. The Morgan fingerprint density at radius 1 is 1.17 bits per heavy atom. The van der Waals surface area contributed by atoms with E-state index >= 15 is 0 Å². The molecular weight excluding hydrogens is 308 g/mol. The summed E-state index contributed by atoms with van der Waals surface area (Å²) in [6.45, 7) is 6.24. The molecule has 6 nitrogen and oxygen atoms in total. The van der Waals surface area contributed by atoms with Crippen molar-refractivity contribution in [3.8, 4) is 5.75 Å². The Kier molecular flexibility index (Phi) is 5.52. The average Bonchev–Trinajstić information content (AvgIpc) is 2.54. The number of rotatable bonds is 6. The van der Waals surface area contributed by atoms with Crippen molar-refractivity contribution in [3.05, 3.63) is 68.8 Å². The summed E-state index contributed by atoms with van der Waals surface area (Å²) < 4.78 is 5.60. The van der Waals surface area contributed by atoms with Crippen molar-refractivity contribution in [2.75, 3.05) is 13.2 Å². The van der Waals surface area contributed by atoms with Crippen molar-refractivity contribution in [2.45, 2.75) is 20.8 Å². The van der Waals surface area contributed by atoms with Crippen LogP contribution in [0.3, 0.4) is 0 Å². The summed E-state index contributed by atoms with van der Waals surface area (Å²) in [6.07, 6.45) is 0. The summed E-state index contributed by atoms with van der Waals surface area (Å²) in [4.78, 5) is 22.6. The minimum absolute atomic E-state index is 0.0611. The zero-order valence-corrected chi connectivity index (χ0v) is 14.0. The van der Waals surface area contributed by atoms with E-state index in [1.165, 1.54) is 17.7 Å². The molecule has 0 bridgehead atoms. The second-order valence-electron chi connectivity index (χ2n) is 5.56. The van der Waals surface area contributed by atoms with Gasteiger partial charge < -0.3 is 10.1 Å². The van der Waals surface area contributed by atoms with Gasteiger partial charge in [-0.1, -0.05) is 12.1 Å². The summed E-state index contributed by atoms with van der Waals surface area (Å²) in [5.41, 5.74) is 2.93. The van der Waals surface area contributed by atoms with Crippen molar-refractivity contribution in [1.82, 2.24) is 5.32 Å². The standard InChI is InChI=1S/C18H20N2O4/c1-12-7-8-15(11-13(12)2)24-10-9-19-18(21)16-5-4-6-17(14(16)3)20(22)23/h4-8,11H,9-10H2,1-3H3,(H,19,21). The molecule has 2 aromatic carbocycles. The monoisotopic (exact) mass is 328 g/mol. The fourth-order valence-electron chi connectivity index (χ4n) is 2.30. The first-order valence-corrected chi connectivity index (χ1v) is 7.62. The highest BCUT2D eigenvalue weighted by molar-refractivity contribution is 5.96. The van der Waals surface area contributed by atoms with Gasteiger partial charge in [0.1, 0.15) is 12.4 Å². The molecule has 1 N–H and O–H groups in total. The molecule has 2 aromatic rings. The number of carbonyl (C=O) groups is 1. The number of amides is 1. The van der Waals surface area contributed by atoms with Crippen LogP contribution in [0.5, 0.6) is 5.75 Å². The molecule has 0 atom stereocenters. The van der Waals surface area contributed by atoms with Crippen molar-refractivity contribution in [1.29, 1.82) is 0 Å². The van der Waals surface area contributed by atoms with Gasteiger partial charge in [0, 0.05) is 17.2 Å². The van der Waals surface area contributed by atoms with Gasteiger partial charge in [0.25, 0.3) is 11.6 Å². The van der Waals surface area contributed by atoms with Gasteiger partial charge in [-0.2, -0.15) is 0 Å². The largest absolute Gasteiger partial charge is 0.492 e. The van der Waals surface area contributed by atoms with Gasteiger partial charge in [-0.15, -0.1) is 0 Å². The first kappa shape index (κ1) is 17.5. The molecule has 0 aromatic heterocycles. The van der Waals surface area contributed by atoms with Crippen LogP contribution in [0.15, 0.2) is 36.4 Å². The lowest BCUT2D eigenvalue weighted by Crippen LogP contribution is -2.28. The molecule has 0 saturated carbocycles. The Morgan fingerprint density at radius 3 is 2.58 bits per heavy atom. The lowest BCUT2D eigenvalue weighted by Gasteiger charge is -2.10. The van der Waals surface area contributed by atoms with Crippen LogP contribution in [0.4, 0.5) is 5.69 Å². The Hall–Kier alpha value is -2.89. The van der Waals surface area contributed by atoms with Gasteiger partial charge in [0.15, 0.2) is 0 Å². The Labute approximate surface area is 140 Å². The van der Waals surface area contributed by atoms with Gasteiger partial charge in [-0.05, 0) is 50.1 Å². The molecule has 0 unspecified atom stereocenters. The third-order valence-electron chi connectivity index (χ3n) is 3.88. The second-order valence-corrected chi connectivity index (χ2v) is 5.56. The predicted octanol–water partition coefficient (Wildman–Crippen LogP) is 3.33. The number of hydrogen-bond donors (Lipinski definition) is 1. The Bertz CT molecular complexity index is 772. The molecule has 24 heavy (non-hydrogen) atoms. The molecule has 2 rings (SSSR count). The molecule has 126 valence electrons. The summed E-state index contributed by atoms with van der Waals surface area (Å²) >= 11 is 0. The van der Waals surface area contributed by atoms with E-state index in [1.54, 1.807) is 13.0 Å². The van der Waals surface area contributed by atoms with Gasteiger partial charge in [-0.3, -0.25) is 14.9 Å². The fraction of sp³-hybridized carbons (Fsp3) is 0.278. The number of nitrogens with one attached hydrogen (secondary N) is 1. The topological polar surface area (TPSA) is 81.5 Å². The summed E-state index contributed by atoms with van der Waals surface area (Å²) in [7, 11) is 0. The molecule has 0 saturated heterocycles. The first-order valence-electron chi connectivity index (χ1n) is 7.62. The van der Waals surface area contributed by atoms with Crippen LogP contribution in [0.25, 0.3) is 0 Å². The lowest BCUT2D eigenvalue weighted by atomic mass is 10.1. The molecule has 0 radical (unpaired) electrons. The zero-order valence-electron chi connectivity index (χ0n) is 14.0. The van der Waals surface area contributed by atoms with Crippen molar-refractivity contribution >= 4 is 11.6 Å². The van der Waals surface area contributed by atoms with Crippen molar-refractivity contribution < 1.29 is 14.5 Å². The predicted molar refractivity (Wildman–Crippen MR) is 91.6 cm³/mol. The smallest absolute Gasteiger partial charge is 0.273 e. The normalized spacial score (nSPS) is 10.3. The number of hydrogen-bond acceptors (Lipinski definition) is 4. The van der Waals surface area contributed by atoms with Crippen LogP contribution in [0.2, 0.25) is 0 Å². The fourth-order valence-corrected chi connectivity index (χ4v) is 2.30. The minimum Gasteiger partial charge on any atom is -0.492 e. The van der Waals surface area contributed by atoms with Crippen LogP contribution in [0.1, 0.15) is 27.0 Å². The molecule has 0 aliphatic heterocycles. The Balaban J connectivity index is 1.91. The minimum atomic E-state index is -0.491. The molecule has 0 heterocycles. The van der Waals surface area contributed by atoms with Crippen LogP contribution >= 0.6 is 0 Å². The number of ether oxygens (including phenoxy) is 1. The number of nitro benzene ring substituents is 1. The van der Waals surface area contributed by atoms with E-state index in [1.807, 2.05) is 32.0 Å². The number of benzene rings is 2. The van der Waals surface area contributed by atoms with E-state index < -0.39 is 4.92 Å². The van der Waals surface area contributed by atoms with E-state index in [0.717, 1.165) is 11.3 Å². The van der Waals surface area contributed by atoms with E-state index in [9.17, 15) is 14.9 Å². The average molecular weight is 328 g/mol. The third-order valence-corrected chi connectivity index (χ3v) is 3.88. The van der Waals surface area contributed by atoms with Crippen LogP contribution in [-0.2, 0) is 0 Å². The number of nitrogens with zero attached hydrogens (tertiary/aromatic N) is 1. The SMILES string of the molecule is Cc1ccc(OCCNC(=O)c2cccc([N+](=O)[O-])c2C)cc1C. The van der Waals surface area contributed by atoms with Gasteiger partial charge in [-0.25, -0.2) is 0 Å². The maximum Gasteiger partial charge on any atom is 0.273 e. The number of aryl methyl sites for hydroxylation is 2. The summed E-state index contributed by atoms with van der Waals surface area (Å²) in [6, 6.07) is 10.3. The van der Waals surface area contributed by atoms with Crippen LogP contribution in [0, 0.1) is 30.9 Å². The highest BCUT2D eigenvalue weighted by Crippen LogP contribution is 2.21. The number of nitro groups is 1. The molecule has 6 heteroatoms. The van der Waals surface area contributed by atoms with E-state index in [2.05, 4.69) is 5.32 Å². The third kappa shape index (κ3) is 4.10. The first-order chi connectivity index (χ1) is 11.4. The molecule has 0 aliphatic carbocycles. The van der Waals surface area contributed by atoms with Crippen molar-refractivity contribution in [3.63, 3.8) is 0 Å². The van der Waals surface area contributed by atoms with Crippen LogP contribution < -0.4 is 10.1 Å². The molecular formula is C18H20N2O4. The lowest BCUT2D eigenvalue weighted by molar-refractivity contribution is -0.385. The maximum absolute atomic E-state index is 12.2. The van der Waals surface area contributed by atoms with Crippen molar-refractivity contribution in [2.24, 2.45) is 0 Å². The van der Waals surface area contributed by atoms with Gasteiger partial charge in [0.2, 0.25) is 0 Å². The maximum atomic E-state index is 12.2. The number of carbonyl (C=O) groups excluding carboxylic acids is 1. The van der Waals surface area contributed by atoms with E-state index in [4.69, 9.17) is 4.74 Å². The molecule has 0 fully saturated rings. The molecule has 1 amide bonds.